The van der Waals surface area contributed by atoms with Crippen molar-refractivity contribution in [1.82, 2.24) is 9.97 Å². The first-order valence-corrected chi connectivity index (χ1v) is 5.07. The molecule has 2 rings (SSSR count). The molecule has 0 bridgehead atoms. The van der Waals surface area contributed by atoms with Crippen molar-refractivity contribution in [3.63, 3.8) is 0 Å². The molecular weight excluding hydrogens is 252 g/mol. The Hall–Kier alpha value is -2.96. The Morgan fingerprint density at radius 3 is 2.26 bits per heavy atom. The van der Waals surface area contributed by atoms with E-state index in [0.717, 1.165) is 10.9 Å². The van der Waals surface area contributed by atoms with Gasteiger partial charge in [0.1, 0.15) is 0 Å². The van der Waals surface area contributed by atoms with Crippen LogP contribution in [0.15, 0.2) is 47.4 Å². The number of H-pyrrole nitrogens is 1. The van der Waals surface area contributed by atoms with Gasteiger partial charge in [-0.15, -0.1) is 0 Å². The number of nitrogens with zero attached hydrogens (tertiary/aromatic N) is 1. The third-order valence-corrected chi connectivity index (χ3v) is 1.89. The van der Waals surface area contributed by atoms with Gasteiger partial charge >= 0.3 is 17.6 Å². The van der Waals surface area contributed by atoms with Gasteiger partial charge in [0.25, 0.3) is 0 Å². The lowest BCUT2D eigenvalue weighted by Gasteiger charge is -1.92. The molecule has 0 aliphatic heterocycles. The van der Waals surface area contributed by atoms with Crippen molar-refractivity contribution in [3.05, 3.63) is 53.1 Å². The third-order valence-electron chi connectivity index (χ3n) is 1.89. The van der Waals surface area contributed by atoms with Gasteiger partial charge in [-0.1, -0.05) is 18.2 Å². The van der Waals surface area contributed by atoms with Crippen LogP contribution in [0.5, 0.6) is 0 Å². The van der Waals surface area contributed by atoms with Gasteiger partial charge in [0.2, 0.25) is 0 Å². The molecule has 7 heteroatoms. The Kier molecular flexibility index (Phi) is 4.97. The lowest BCUT2D eigenvalue weighted by molar-refractivity contribution is -0.134. The number of nitrogens with one attached hydrogen (secondary N) is 1. The Morgan fingerprint density at radius 2 is 1.68 bits per heavy atom. The maximum absolute atomic E-state index is 10.7. The molecule has 0 amide bonds. The van der Waals surface area contributed by atoms with E-state index < -0.39 is 11.9 Å². The minimum atomic E-state index is -1.26. The summed E-state index contributed by atoms with van der Waals surface area (Å²) in [6, 6.07) is 7.53. The zero-order valence-electron chi connectivity index (χ0n) is 9.61. The number of aromatic nitrogens is 2. The molecule has 0 saturated carbocycles. The summed E-state index contributed by atoms with van der Waals surface area (Å²) in [6.45, 7) is 0. The highest BCUT2D eigenvalue weighted by Gasteiger charge is 1.90. The van der Waals surface area contributed by atoms with Crippen molar-refractivity contribution in [3.8, 4) is 0 Å². The van der Waals surface area contributed by atoms with E-state index in [9.17, 15) is 14.4 Å². The number of carboxylic acid groups (broad SMARTS) is 2. The fraction of sp³-hybridized carbons (Fsp3) is 0. The van der Waals surface area contributed by atoms with Gasteiger partial charge in [-0.3, -0.25) is 0 Å². The number of benzene rings is 1. The van der Waals surface area contributed by atoms with Gasteiger partial charge in [0, 0.05) is 23.7 Å². The average molecular weight is 262 g/mol. The van der Waals surface area contributed by atoms with E-state index in [-0.39, 0.29) is 5.69 Å². The topological polar surface area (TPSA) is 120 Å². The summed E-state index contributed by atoms with van der Waals surface area (Å²) >= 11 is 0. The molecule has 1 aromatic heterocycles. The summed E-state index contributed by atoms with van der Waals surface area (Å²) in [5.74, 6) is -2.51. The quantitative estimate of drug-likeness (QED) is 0.683. The zero-order valence-corrected chi connectivity index (χ0v) is 9.61. The van der Waals surface area contributed by atoms with Crippen LogP contribution in [0.25, 0.3) is 10.9 Å². The van der Waals surface area contributed by atoms with E-state index in [1.54, 1.807) is 6.20 Å². The molecule has 7 nitrogen and oxygen atoms in total. The molecule has 0 aliphatic carbocycles. The van der Waals surface area contributed by atoms with Crippen LogP contribution in [-0.2, 0) is 9.59 Å². The smallest absolute Gasteiger partial charge is 0.345 e. The monoisotopic (exact) mass is 262 g/mol. The molecule has 0 spiro atoms. The second-order valence-electron chi connectivity index (χ2n) is 3.29. The van der Waals surface area contributed by atoms with E-state index in [1.165, 1.54) is 0 Å². The maximum Gasteiger partial charge on any atom is 0.345 e. The van der Waals surface area contributed by atoms with Crippen LogP contribution in [0.4, 0.5) is 0 Å². The van der Waals surface area contributed by atoms with Crippen molar-refractivity contribution in [2.45, 2.75) is 0 Å². The van der Waals surface area contributed by atoms with Crippen LogP contribution in [0.1, 0.15) is 0 Å². The number of aromatic amines is 1. The molecule has 0 aliphatic rings. The average Bonchev–Trinajstić information content (AvgIpc) is 2.37. The van der Waals surface area contributed by atoms with Gasteiger partial charge in [-0.2, -0.15) is 0 Å². The molecule has 0 radical (unpaired) electrons. The summed E-state index contributed by atoms with van der Waals surface area (Å²) in [5.41, 5.74) is 0.524. The molecule has 0 atom stereocenters. The van der Waals surface area contributed by atoms with Gasteiger partial charge in [0.05, 0.1) is 5.52 Å². The molecule has 2 aromatic rings. The minimum Gasteiger partial charge on any atom is -0.478 e. The first-order chi connectivity index (χ1) is 8.99. The molecule has 3 N–H and O–H groups in total. The fourth-order valence-corrected chi connectivity index (χ4v) is 1.14. The molecule has 19 heavy (non-hydrogen) atoms. The van der Waals surface area contributed by atoms with Gasteiger partial charge in [-0.05, 0) is 6.07 Å². The number of fused-ring (bicyclic) bond motifs is 1. The summed E-state index contributed by atoms with van der Waals surface area (Å²) in [6.07, 6.45) is 2.68. The van der Waals surface area contributed by atoms with Crippen LogP contribution in [0.2, 0.25) is 0 Å². The van der Waals surface area contributed by atoms with Crippen molar-refractivity contribution in [2.75, 3.05) is 0 Å². The minimum absolute atomic E-state index is 0.302. The normalized spacial score (nSPS) is 9.89. The molecule has 1 aromatic carbocycles. The van der Waals surface area contributed by atoms with Crippen LogP contribution in [-0.4, -0.2) is 32.1 Å². The first kappa shape index (κ1) is 14.1. The second kappa shape index (κ2) is 6.70. The molecule has 0 fully saturated rings. The lowest BCUT2D eigenvalue weighted by atomic mass is 10.2. The van der Waals surface area contributed by atoms with E-state index >= 15 is 0 Å². The van der Waals surface area contributed by atoms with Crippen LogP contribution < -0.4 is 5.69 Å². The van der Waals surface area contributed by atoms with Gasteiger partial charge in [0.15, 0.2) is 0 Å². The number of rotatable bonds is 2. The van der Waals surface area contributed by atoms with E-state index in [0.29, 0.717) is 12.2 Å². The maximum atomic E-state index is 10.7. The first-order valence-electron chi connectivity index (χ1n) is 5.07. The highest BCUT2D eigenvalue weighted by molar-refractivity contribution is 5.89. The highest BCUT2D eigenvalue weighted by atomic mass is 16.4. The zero-order chi connectivity index (χ0) is 14.3. The SMILES string of the molecule is O=C(O)/C=C/C(=O)O.O=c1ncc2ccccc2[nH]1. The molecule has 1 heterocycles. The number of hydrogen-bond acceptors (Lipinski definition) is 4. The van der Waals surface area contributed by atoms with Crippen molar-refractivity contribution in [2.24, 2.45) is 0 Å². The van der Waals surface area contributed by atoms with E-state index in [2.05, 4.69) is 9.97 Å². The third kappa shape index (κ3) is 5.26. The van der Waals surface area contributed by atoms with E-state index in [4.69, 9.17) is 10.2 Å². The Labute approximate surface area is 106 Å². The predicted octanol–water partition coefficient (Wildman–Crippen LogP) is 0.635. The van der Waals surface area contributed by atoms with E-state index in [1.807, 2.05) is 24.3 Å². The summed E-state index contributed by atoms with van der Waals surface area (Å²) < 4.78 is 0. The summed E-state index contributed by atoms with van der Waals surface area (Å²) in [7, 11) is 0. The largest absolute Gasteiger partial charge is 0.478 e. The highest BCUT2D eigenvalue weighted by Crippen LogP contribution is 2.05. The van der Waals surface area contributed by atoms with Crippen molar-refractivity contribution in [1.29, 1.82) is 0 Å². The number of aliphatic carboxylic acids is 2. The molecule has 0 saturated heterocycles. The standard InChI is InChI=1S/C8H6N2O.C4H4O4/c11-8-9-5-6-3-1-2-4-7(6)10-8;5-3(6)1-2-4(7)8/h1-5H,(H,9,10,11);1-2H,(H,5,6)(H,7,8)/b;2-1+. The van der Waals surface area contributed by atoms with Gasteiger partial charge < -0.3 is 15.2 Å². The van der Waals surface area contributed by atoms with Crippen LogP contribution in [0.3, 0.4) is 0 Å². The number of para-hydroxylation sites is 1. The van der Waals surface area contributed by atoms with Gasteiger partial charge in [-0.25, -0.2) is 19.4 Å². The molecule has 0 unspecified atom stereocenters. The molecule has 98 valence electrons. The Bertz CT molecular complexity index is 659. The lowest BCUT2D eigenvalue weighted by Crippen LogP contribution is -2.07. The van der Waals surface area contributed by atoms with Crippen molar-refractivity contribution >= 4 is 22.8 Å². The predicted molar refractivity (Wildman–Crippen MR) is 66.8 cm³/mol. The van der Waals surface area contributed by atoms with Crippen molar-refractivity contribution < 1.29 is 19.8 Å². The Balaban J connectivity index is 0.000000203. The number of hydrogen-bond donors (Lipinski definition) is 3. The fourth-order valence-electron chi connectivity index (χ4n) is 1.14. The van der Waals surface area contributed by atoms with Crippen LogP contribution in [0, 0.1) is 0 Å². The molecular formula is C12H10N2O5. The second-order valence-corrected chi connectivity index (χ2v) is 3.29. The Morgan fingerprint density at radius 1 is 1.11 bits per heavy atom. The number of carboxylic acids is 2. The summed E-state index contributed by atoms with van der Waals surface area (Å²) in [4.78, 5) is 36.0. The summed E-state index contributed by atoms with van der Waals surface area (Å²) in [5, 5.41) is 16.6. The van der Waals surface area contributed by atoms with Crippen LogP contribution >= 0.6 is 0 Å². The number of carbonyl (C=O) groups is 2.